The maximum Gasteiger partial charge on any atom is 0.204 e. The Kier molecular flexibility index (Phi) is 10.2. The van der Waals surface area contributed by atoms with Crippen LogP contribution in [0, 0.1) is 6.92 Å². The van der Waals surface area contributed by atoms with Crippen molar-refractivity contribution in [2.24, 2.45) is 0 Å². The molecule has 0 saturated heterocycles. The summed E-state index contributed by atoms with van der Waals surface area (Å²) in [5.74, 6) is 4.36. The van der Waals surface area contributed by atoms with E-state index in [0.29, 0.717) is 51.5 Å². The van der Waals surface area contributed by atoms with Gasteiger partial charge < -0.3 is 23.7 Å². The number of rotatable bonds is 6. The van der Waals surface area contributed by atoms with Gasteiger partial charge in [-0.05, 0) is 134 Å². The van der Waals surface area contributed by atoms with Gasteiger partial charge in [0.2, 0.25) is 5.75 Å². The Morgan fingerprint density at radius 3 is 2.22 bits per heavy atom. The highest BCUT2D eigenvalue weighted by Crippen LogP contribution is 2.51. The van der Waals surface area contributed by atoms with Crippen molar-refractivity contribution in [3.05, 3.63) is 134 Å². The molecule has 5 aromatic carbocycles. The van der Waals surface area contributed by atoms with Gasteiger partial charge in [0.1, 0.15) is 11.5 Å². The fraction of sp³-hybridized carbons (Fsp3) is 0.326. The minimum Gasteiger partial charge on any atom is -0.493 e. The summed E-state index contributed by atoms with van der Waals surface area (Å²) in [6.45, 7) is 3.92. The molecule has 4 aliphatic heterocycles. The number of likely N-dealkylation sites (N-methyl/N-ethyl adjacent to an activating group) is 2. The number of methoxy groups -OCH3 is 3. The number of ketones is 1. The molecule has 0 aliphatic carbocycles. The number of hydrogen-bond acceptors (Lipinski definition) is 8. The third-order valence-electron chi connectivity index (χ3n) is 11.6. The number of aryl methyl sites for hydroxylation is 1. The molecule has 55 heavy (non-hydrogen) atoms. The quantitative estimate of drug-likeness (QED) is 0.159. The molecule has 0 spiro atoms. The third-order valence-corrected chi connectivity index (χ3v) is 12.0. The van der Waals surface area contributed by atoms with Crippen molar-refractivity contribution in [2.45, 2.75) is 51.1 Å². The fourth-order valence-electron chi connectivity index (χ4n) is 8.54. The lowest BCUT2D eigenvalue weighted by Gasteiger charge is -2.38. The molecule has 0 unspecified atom stereocenters. The first kappa shape index (κ1) is 36.9. The van der Waals surface area contributed by atoms with E-state index in [4.69, 9.17) is 35.3 Å². The zero-order valence-electron chi connectivity index (χ0n) is 32.3. The van der Waals surface area contributed by atoms with E-state index in [2.05, 4.69) is 61.2 Å². The number of nitrogens with zero attached hydrogens (tertiary/aromatic N) is 2. The first-order chi connectivity index (χ1) is 26.6. The number of hydrogen-bond donors (Lipinski definition) is 0. The number of halogens is 1. The normalized spacial score (nSPS) is 17.9. The van der Waals surface area contributed by atoms with Crippen molar-refractivity contribution < 1.29 is 28.5 Å². The van der Waals surface area contributed by atoms with Crippen LogP contribution >= 0.6 is 11.6 Å². The molecule has 5 aromatic rings. The van der Waals surface area contributed by atoms with Gasteiger partial charge in [0.15, 0.2) is 28.8 Å². The van der Waals surface area contributed by atoms with Crippen LogP contribution in [0.15, 0.2) is 78.9 Å². The topological polar surface area (TPSA) is 69.7 Å². The molecular weight excluding hydrogens is 712 g/mol. The molecule has 0 radical (unpaired) electrons. The van der Waals surface area contributed by atoms with Crippen molar-refractivity contribution in [3.8, 4) is 40.2 Å². The maximum atomic E-state index is 13.9. The standard InChI is InChI=1S/C46H47ClN2O6/c1-27-19-29-15-17-48(2)37-20-28-11-13-33(14-12-28)54-42-25-31(32(24-41(42)51-4)22-39(50)34-9-7-8-10-36(34)47)21-38-44-30(16-18-49(38)3)23-43(52-5)45(53-6)46(44)55-40(27)26-35(29)37/h7-14,19,23-26,37-38H,15-18,20-22H2,1-6H3/t37-,38-/m0/s1. The van der Waals surface area contributed by atoms with Crippen LogP contribution < -0.4 is 23.7 Å². The van der Waals surface area contributed by atoms with Gasteiger partial charge in [0.25, 0.3) is 0 Å². The lowest BCUT2D eigenvalue weighted by Crippen LogP contribution is -2.34. The van der Waals surface area contributed by atoms with Gasteiger partial charge in [0, 0.05) is 42.7 Å². The van der Waals surface area contributed by atoms with Crippen molar-refractivity contribution in [3.63, 3.8) is 0 Å². The molecule has 6 bridgehead atoms. The number of fused-ring (bicyclic) bond motifs is 2. The molecule has 284 valence electrons. The molecule has 0 saturated carbocycles. The number of Topliss-reactive ketones (excluding diaryl/α,β-unsaturated/α-hetero) is 1. The van der Waals surface area contributed by atoms with E-state index in [1.807, 2.05) is 36.4 Å². The van der Waals surface area contributed by atoms with Gasteiger partial charge in [-0.15, -0.1) is 0 Å². The van der Waals surface area contributed by atoms with E-state index < -0.39 is 0 Å². The molecule has 0 amide bonds. The van der Waals surface area contributed by atoms with Crippen LogP contribution in [0.25, 0.3) is 0 Å². The minimum atomic E-state index is -0.149. The molecular formula is C46H47ClN2O6. The van der Waals surface area contributed by atoms with Crippen LogP contribution in [0.5, 0.6) is 40.2 Å². The Bertz CT molecular complexity index is 2270. The number of benzene rings is 5. The summed E-state index contributed by atoms with van der Waals surface area (Å²) in [4.78, 5) is 18.7. The summed E-state index contributed by atoms with van der Waals surface area (Å²) < 4.78 is 31.8. The molecule has 0 N–H and O–H groups in total. The summed E-state index contributed by atoms with van der Waals surface area (Å²) >= 11 is 6.53. The SMILES string of the molecule is COc1cc(CC(=O)c2ccccc2Cl)c2cc1Oc1ccc(cc1)C[C@H]1c3cc(c(C)cc3CCN1C)Oc1c(OC)c(OC)cc3c1[C@H](C2)N(C)CC3. The largest absolute Gasteiger partial charge is 0.493 e. The van der Waals surface area contributed by atoms with Crippen molar-refractivity contribution in [2.75, 3.05) is 48.5 Å². The Labute approximate surface area is 328 Å². The first-order valence-corrected chi connectivity index (χ1v) is 19.3. The third kappa shape index (κ3) is 7.03. The van der Waals surface area contributed by atoms with Crippen LogP contribution in [0.4, 0.5) is 0 Å². The molecule has 0 aromatic heterocycles. The minimum absolute atomic E-state index is 0.0766. The second-order valence-corrected chi connectivity index (χ2v) is 15.3. The summed E-state index contributed by atoms with van der Waals surface area (Å²) in [7, 11) is 9.31. The zero-order chi connectivity index (χ0) is 38.4. The van der Waals surface area contributed by atoms with Gasteiger partial charge in [0.05, 0.1) is 26.4 Å². The van der Waals surface area contributed by atoms with Gasteiger partial charge in [-0.2, -0.15) is 0 Å². The lowest BCUT2D eigenvalue weighted by atomic mass is 9.85. The van der Waals surface area contributed by atoms with E-state index in [1.54, 1.807) is 33.5 Å². The summed E-state index contributed by atoms with van der Waals surface area (Å²) in [6, 6.07) is 26.1. The first-order valence-electron chi connectivity index (χ1n) is 18.9. The second-order valence-electron chi connectivity index (χ2n) is 14.9. The highest BCUT2D eigenvalue weighted by Gasteiger charge is 2.35. The molecule has 8 nitrogen and oxygen atoms in total. The fourth-order valence-corrected chi connectivity index (χ4v) is 8.78. The van der Waals surface area contributed by atoms with E-state index in [1.165, 1.54) is 16.7 Å². The van der Waals surface area contributed by atoms with Crippen LogP contribution in [0.2, 0.25) is 5.02 Å². The second kappa shape index (κ2) is 15.3. The lowest BCUT2D eigenvalue weighted by molar-refractivity contribution is 0.0992. The van der Waals surface area contributed by atoms with Crippen LogP contribution in [0.3, 0.4) is 0 Å². The molecule has 9 heteroatoms. The Balaban J connectivity index is 1.34. The highest BCUT2D eigenvalue weighted by molar-refractivity contribution is 6.34. The maximum absolute atomic E-state index is 13.9. The highest BCUT2D eigenvalue weighted by atomic mass is 35.5. The van der Waals surface area contributed by atoms with Crippen LogP contribution in [-0.2, 0) is 32.1 Å². The van der Waals surface area contributed by atoms with Gasteiger partial charge in [-0.3, -0.25) is 14.6 Å². The van der Waals surface area contributed by atoms with Gasteiger partial charge >= 0.3 is 0 Å². The van der Waals surface area contributed by atoms with Gasteiger partial charge in [-0.1, -0.05) is 41.9 Å². The average molecular weight is 759 g/mol. The molecule has 2 atom stereocenters. The molecule has 4 heterocycles. The zero-order valence-corrected chi connectivity index (χ0v) is 33.1. The predicted molar refractivity (Wildman–Crippen MR) is 215 cm³/mol. The van der Waals surface area contributed by atoms with E-state index in [9.17, 15) is 4.79 Å². The smallest absolute Gasteiger partial charge is 0.204 e. The van der Waals surface area contributed by atoms with Gasteiger partial charge in [-0.25, -0.2) is 0 Å². The monoisotopic (exact) mass is 758 g/mol. The Morgan fingerprint density at radius 2 is 1.49 bits per heavy atom. The Morgan fingerprint density at radius 1 is 0.764 bits per heavy atom. The van der Waals surface area contributed by atoms with Crippen molar-refractivity contribution in [1.82, 2.24) is 9.80 Å². The Hall–Kier alpha value is -5.02. The molecule has 9 rings (SSSR count). The van der Waals surface area contributed by atoms with Crippen molar-refractivity contribution in [1.29, 1.82) is 0 Å². The van der Waals surface area contributed by atoms with E-state index in [-0.39, 0.29) is 24.3 Å². The summed E-state index contributed by atoms with van der Waals surface area (Å²) in [6.07, 6.45) is 3.29. The molecule has 0 fully saturated rings. The molecule has 4 aliphatic rings. The van der Waals surface area contributed by atoms with Crippen LogP contribution in [0.1, 0.15) is 66.9 Å². The number of carbonyl (C=O) groups excluding carboxylic acids is 1. The summed E-state index contributed by atoms with van der Waals surface area (Å²) in [5, 5.41) is 0.428. The summed E-state index contributed by atoms with van der Waals surface area (Å²) in [5.41, 5.74) is 9.34. The van der Waals surface area contributed by atoms with E-state index >= 15 is 0 Å². The van der Waals surface area contributed by atoms with Crippen molar-refractivity contribution >= 4 is 17.4 Å². The average Bonchev–Trinajstić information content (AvgIpc) is 3.18. The van der Waals surface area contributed by atoms with E-state index in [0.717, 1.165) is 65.9 Å². The number of ether oxygens (including phenoxy) is 5. The van der Waals surface area contributed by atoms with Crippen LogP contribution in [-0.4, -0.2) is 64.1 Å². The predicted octanol–water partition coefficient (Wildman–Crippen LogP) is 9.54. The number of carbonyl (C=O) groups is 1.